The van der Waals surface area contributed by atoms with E-state index in [1.807, 2.05) is 17.4 Å². The number of nitrogens with zero attached hydrogens (tertiary/aromatic N) is 3. The van der Waals surface area contributed by atoms with Crippen LogP contribution in [0.5, 0.6) is 0 Å². The summed E-state index contributed by atoms with van der Waals surface area (Å²) in [5, 5.41) is 13.0. The summed E-state index contributed by atoms with van der Waals surface area (Å²) in [7, 11) is 0. The van der Waals surface area contributed by atoms with Crippen molar-refractivity contribution in [2.75, 3.05) is 6.54 Å². The van der Waals surface area contributed by atoms with Gasteiger partial charge in [0.25, 0.3) is 0 Å². The summed E-state index contributed by atoms with van der Waals surface area (Å²) >= 11 is 1.77. The van der Waals surface area contributed by atoms with Gasteiger partial charge in [0, 0.05) is 29.4 Å². The minimum atomic E-state index is -0.323. The van der Waals surface area contributed by atoms with E-state index in [9.17, 15) is 9.90 Å². The number of aliphatic hydroxyl groups is 1. The highest BCUT2D eigenvalue weighted by Crippen LogP contribution is 2.45. The molecule has 0 bridgehead atoms. The van der Waals surface area contributed by atoms with E-state index in [4.69, 9.17) is 0 Å². The van der Waals surface area contributed by atoms with E-state index in [0.717, 1.165) is 32.2 Å². The Morgan fingerprint density at radius 3 is 2.93 bits per heavy atom. The number of amides is 1. The van der Waals surface area contributed by atoms with E-state index >= 15 is 0 Å². The first-order chi connectivity index (χ1) is 11.7. The molecule has 27 heavy (non-hydrogen) atoms. The first-order valence-corrected chi connectivity index (χ1v) is 9.67. The maximum Gasteiger partial charge on any atom is 0.222 e. The van der Waals surface area contributed by atoms with Gasteiger partial charge in [0.1, 0.15) is 0 Å². The molecule has 2 aromatic rings. The molecule has 1 amide bonds. The summed E-state index contributed by atoms with van der Waals surface area (Å²) in [4.78, 5) is 19.5. The van der Waals surface area contributed by atoms with Gasteiger partial charge in [0.2, 0.25) is 5.91 Å². The van der Waals surface area contributed by atoms with Crippen molar-refractivity contribution in [3.05, 3.63) is 28.8 Å². The van der Waals surface area contributed by atoms with Gasteiger partial charge in [-0.05, 0) is 43.0 Å². The van der Waals surface area contributed by atoms with Crippen LogP contribution in [-0.4, -0.2) is 44.2 Å². The molecule has 2 fully saturated rings. The number of carbonyl (C=O) groups is 1. The van der Waals surface area contributed by atoms with Crippen molar-refractivity contribution in [2.24, 2.45) is 5.92 Å². The molecule has 3 aliphatic rings. The van der Waals surface area contributed by atoms with E-state index in [0.29, 0.717) is 24.3 Å². The summed E-state index contributed by atoms with van der Waals surface area (Å²) in [6.45, 7) is 0.816. The molecule has 1 unspecified atom stereocenters. The number of piperidine rings is 1. The van der Waals surface area contributed by atoms with Gasteiger partial charge in [-0.1, -0.05) is 0 Å². The molecule has 5 nitrogen and oxygen atoms in total. The fraction of sp³-hybridized carbons (Fsp3) is 0.556. The van der Waals surface area contributed by atoms with Crippen LogP contribution in [0.25, 0.3) is 11.3 Å². The molecule has 0 saturated carbocycles. The fourth-order valence-corrected chi connectivity index (χ4v) is 5.80. The molecular formula is C18H27N3O2S4. The van der Waals surface area contributed by atoms with Crippen LogP contribution in [0.1, 0.15) is 43.0 Å². The van der Waals surface area contributed by atoms with E-state index in [-0.39, 0.29) is 52.6 Å². The monoisotopic (exact) mass is 445 g/mol. The second kappa shape index (κ2) is 8.82. The zero-order valence-electron chi connectivity index (χ0n) is 15.0. The molecule has 3 aliphatic heterocycles. The summed E-state index contributed by atoms with van der Waals surface area (Å²) in [5.41, 5.74) is 2.44. The van der Waals surface area contributed by atoms with Crippen LogP contribution < -0.4 is 0 Å². The Bertz CT molecular complexity index is 753. The zero-order valence-corrected chi connectivity index (χ0v) is 18.8. The third kappa shape index (κ3) is 3.69. The van der Waals surface area contributed by atoms with Crippen molar-refractivity contribution in [1.82, 2.24) is 14.5 Å². The summed E-state index contributed by atoms with van der Waals surface area (Å²) < 4.78 is 2.21. The molecule has 1 N–H and O–H groups in total. The highest BCUT2D eigenvalue weighted by atomic mass is 32.1. The lowest BCUT2D eigenvalue weighted by atomic mass is 9.84. The molecule has 150 valence electrons. The van der Waals surface area contributed by atoms with E-state index in [2.05, 4.69) is 21.0 Å². The number of hydrogen-bond acceptors (Lipinski definition) is 4. The quantitative estimate of drug-likeness (QED) is 0.790. The molecule has 5 rings (SSSR count). The number of carbonyl (C=O) groups excluding carboxylic acids is 1. The first-order valence-electron chi connectivity index (χ1n) is 8.79. The highest BCUT2D eigenvalue weighted by Gasteiger charge is 2.40. The van der Waals surface area contributed by atoms with Gasteiger partial charge in [0.05, 0.1) is 30.4 Å². The molecule has 0 aromatic carbocycles. The molecule has 9 heteroatoms. The second-order valence-corrected chi connectivity index (χ2v) is 8.22. The van der Waals surface area contributed by atoms with Crippen molar-refractivity contribution in [3.63, 3.8) is 0 Å². The smallest absolute Gasteiger partial charge is 0.222 e. The standard InChI is InChI=1S/C18H21N3O2S.3H2S/c22-16(11-3-5-20-12(7-11)1-2-17(20)23)8-14-18-13(4-6-24-18)15-9-19-10-21(14)15;;;/h4,6,9-12,14,16,22H,1-3,5,7-8H2;3*1H2/t11-,12-,14?,16-;;;/m0.../s1. The maximum absolute atomic E-state index is 11.8. The molecule has 2 saturated heterocycles. The van der Waals surface area contributed by atoms with Gasteiger partial charge in [-0.25, -0.2) is 4.98 Å². The number of aliphatic hydroxyl groups excluding tert-OH is 1. The molecule has 0 radical (unpaired) electrons. The molecule has 2 aromatic heterocycles. The van der Waals surface area contributed by atoms with Crippen LogP contribution in [-0.2, 0) is 4.79 Å². The van der Waals surface area contributed by atoms with Gasteiger partial charge >= 0.3 is 0 Å². The Balaban J connectivity index is 0.000000871. The van der Waals surface area contributed by atoms with Crippen molar-refractivity contribution in [1.29, 1.82) is 0 Å². The number of hydrogen-bond donors (Lipinski definition) is 1. The lowest BCUT2D eigenvalue weighted by molar-refractivity contribution is -0.131. The van der Waals surface area contributed by atoms with Crippen LogP contribution >= 0.6 is 51.8 Å². The number of imidazole rings is 1. The van der Waals surface area contributed by atoms with E-state index in [1.54, 1.807) is 11.3 Å². The lowest BCUT2D eigenvalue weighted by Gasteiger charge is -2.37. The number of fused-ring (bicyclic) bond motifs is 4. The van der Waals surface area contributed by atoms with Crippen molar-refractivity contribution in [3.8, 4) is 11.3 Å². The van der Waals surface area contributed by atoms with E-state index in [1.165, 1.54) is 16.1 Å². The normalized spacial score (nSPS) is 26.2. The molecular weight excluding hydrogens is 418 g/mol. The summed E-state index contributed by atoms with van der Waals surface area (Å²) in [5.74, 6) is 0.600. The fourth-order valence-electron chi connectivity index (χ4n) is 4.79. The Morgan fingerprint density at radius 2 is 2.11 bits per heavy atom. The molecule has 0 spiro atoms. The van der Waals surface area contributed by atoms with Crippen LogP contribution in [0.3, 0.4) is 0 Å². The Kier molecular flexibility index (Phi) is 7.40. The number of aromatic nitrogens is 2. The summed E-state index contributed by atoms with van der Waals surface area (Å²) in [6, 6.07) is 2.72. The van der Waals surface area contributed by atoms with Gasteiger partial charge in [-0.2, -0.15) is 40.5 Å². The van der Waals surface area contributed by atoms with Crippen LogP contribution in [0, 0.1) is 5.92 Å². The van der Waals surface area contributed by atoms with Crippen LogP contribution in [0.2, 0.25) is 0 Å². The topological polar surface area (TPSA) is 58.4 Å². The molecule has 5 heterocycles. The van der Waals surface area contributed by atoms with Crippen molar-refractivity contribution in [2.45, 2.75) is 50.3 Å². The second-order valence-electron chi connectivity index (χ2n) is 7.27. The maximum atomic E-state index is 11.8. The summed E-state index contributed by atoms with van der Waals surface area (Å²) in [6.07, 6.45) is 7.74. The minimum absolute atomic E-state index is 0. The first kappa shape index (κ1) is 22.7. The third-order valence-electron chi connectivity index (χ3n) is 6.05. The average molecular weight is 446 g/mol. The predicted molar refractivity (Wildman–Crippen MR) is 123 cm³/mol. The minimum Gasteiger partial charge on any atom is -0.393 e. The lowest BCUT2D eigenvalue weighted by Crippen LogP contribution is -2.43. The predicted octanol–water partition coefficient (Wildman–Crippen LogP) is 3.00. The average Bonchev–Trinajstić information content (AvgIpc) is 3.33. The van der Waals surface area contributed by atoms with Gasteiger partial charge in [0.15, 0.2) is 0 Å². The Hall–Kier alpha value is -0.610. The van der Waals surface area contributed by atoms with Crippen LogP contribution in [0.15, 0.2) is 24.0 Å². The highest BCUT2D eigenvalue weighted by molar-refractivity contribution is 7.59. The Labute approximate surface area is 184 Å². The Morgan fingerprint density at radius 1 is 1.30 bits per heavy atom. The SMILES string of the molecule is O=C1CC[C@H]2C[C@@H]([C@@H](O)CC3c4sccc4-c4cncn43)CCN12.S.S.S. The van der Waals surface area contributed by atoms with Gasteiger partial charge < -0.3 is 14.6 Å². The van der Waals surface area contributed by atoms with Gasteiger partial charge in [-0.15, -0.1) is 11.3 Å². The number of rotatable bonds is 3. The molecule has 4 atom stereocenters. The van der Waals surface area contributed by atoms with Crippen molar-refractivity contribution < 1.29 is 9.90 Å². The largest absolute Gasteiger partial charge is 0.393 e. The zero-order chi connectivity index (χ0) is 16.3. The number of thiophene rings is 1. The van der Waals surface area contributed by atoms with Crippen molar-refractivity contribution >= 4 is 57.7 Å². The third-order valence-corrected chi connectivity index (χ3v) is 7.07. The van der Waals surface area contributed by atoms with E-state index < -0.39 is 0 Å². The van der Waals surface area contributed by atoms with Crippen LogP contribution in [0.4, 0.5) is 0 Å². The van der Waals surface area contributed by atoms with Gasteiger partial charge in [-0.3, -0.25) is 4.79 Å². The molecule has 0 aliphatic carbocycles.